The number of nitrogens with one attached hydrogen (secondary N) is 1. The molecule has 0 fully saturated rings. The Bertz CT molecular complexity index is 1110. The van der Waals surface area contributed by atoms with Crippen LogP contribution < -0.4 is 5.32 Å². The van der Waals surface area contributed by atoms with E-state index in [9.17, 15) is 14.7 Å². The Morgan fingerprint density at radius 2 is 1.45 bits per heavy atom. The summed E-state index contributed by atoms with van der Waals surface area (Å²) >= 11 is 11.9. The van der Waals surface area contributed by atoms with Crippen LogP contribution in [-0.2, 0) is 0 Å². The van der Waals surface area contributed by atoms with Crippen LogP contribution in [0.3, 0.4) is 0 Å². The van der Waals surface area contributed by atoms with Crippen LogP contribution in [0.25, 0.3) is 12.2 Å². The second-order valence-electron chi connectivity index (χ2n) is 6.12. The van der Waals surface area contributed by atoms with Crippen molar-refractivity contribution in [2.24, 2.45) is 0 Å². The minimum absolute atomic E-state index is 0.0867. The maximum absolute atomic E-state index is 12.5. The van der Waals surface area contributed by atoms with Gasteiger partial charge in [-0.25, -0.2) is 4.79 Å². The second kappa shape index (κ2) is 8.82. The predicted molar refractivity (Wildman–Crippen MR) is 115 cm³/mol. The van der Waals surface area contributed by atoms with Gasteiger partial charge in [-0.1, -0.05) is 47.5 Å². The monoisotopic (exact) mass is 427 g/mol. The molecule has 0 heterocycles. The van der Waals surface area contributed by atoms with E-state index < -0.39 is 11.9 Å². The lowest BCUT2D eigenvalue weighted by atomic mass is 10.1. The minimum atomic E-state index is -1.05. The number of amides is 1. The van der Waals surface area contributed by atoms with Crippen LogP contribution in [0.2, 0.25) is 10.0 Å². The molecule has 3 N–H and O–H groups in total. The average molecular weight is 428 g/mol. The number of hydrogen-bond acceptors (Lipinski definition) is 3. The summed E-state index contributed by atoms with van der Waals surface area (Å²) in [6.07, 6.45) is 3.58. The zero-order valence-corrected chi connectivity index (χ0v) is 16.4. The number of carbonyl (C=O) groups excluding carboxylic acids is 1. The molecule has 0 spiro atoms. The van der Waals surface area contributed by atoms with Crippen LogP contribution in [0.15, 0.2) is 60.7 Å². The van der Waals surface area contributed by atoms with Crippen molar-refractivity contribution in [3.63, 3.8) is 0 Å². The fourth-order valence-corrected chi connectivity index (χ4v) is 2.85. The molecule has 29 heavy (non-hydrogen) atoms. The van der Waals surface area contributed by atoms with Crippen LogP contribution in [0.4, 0.5) is 5.69 Å². The number of anilines is 1. The van der Waals surface area contributed by atoms with E-state index in [1.165, 1.54) is 30.3 Å². The highest BCUT2D eigenvalue weighted by Crippen LogP contribution is 2.25. The van der Waals surface area contributed by atoms with E-state index in [0.717, 1.165) is 5.56 Å². The Morgan fingerprint density at radius 1 is 0.828 bits per heavy atom. The summed E-state index contributed by atoms with van der Waals surface area (Å²) in [4.78, 5) is 23.4. The molecule has 0 atom stereocenters. The lowest BCUT2D eigenvalue weighted by Gasteiger charge is -2.08. The molecule has 0 aliphatic heterocycles. The maximum Gasteiger partial charge on any atom is 0.335 e. The first-order valence-corrected chi connectivity index (χ1v) is 9.20. The topological polar surface area (TPSA) is 86.6 Å². The quantitative estimate of drug-likeness (QED) is 0.447. The fraction of sp³-hybridized carbons (Fsp3) is 0. The van der Waals surface area contributed by atoms with Gasteiger partial charge in [-0.05, 0) is 59.7 Å². The van der Waals surface area contributed by atoms with Crippen molar-refractivity contribution in [1.29, 1.82) is 0 Å². The zero-order chi connectivity index (χ0) is 21.0. The number of halogens is 2. The Morgan fingerprint density at radius 3 is 2.07 bits per heavy atom. The second-order valence-corrected chi connectivity index (χ2v) is 6.93. The van der Waals surface area contributed by atoms with Gasteiger partial charge in [0.15, 0.2) is 0 Å². The van der Waals surface area contributed by atoms with Gasteiger partial charge in [0.2, 0.25) is 0 Å². The van der Waals surface area contributed by atoms with Gasteiger partial charge in [0.1, 0.15) is 5.75 Å². The van der Waals surface area contributed by atoms with Crippen molar-refractivity contribution in [1.82, 2.24) is 0 Å². The normalized spacial score (nSPS) is 10.8. The number of carbonyl (C=O) groups is 2. The number of phenols is 1. The summed E-state index contributed by atoms with van der Waals surface area (Å²) < 4.78 is 0. The Labute approximate surface area is 176 Å². The van der Waals surface area contributed by atoms with Crippen molar-refractivity contribution < 1.29 is 19.8 Å². The summed E-state index contributed by atoms with van der Waals surface area (Å²) in [6, 6.07) is 15.6. The largest absolute Gasteiger partial charge is 0.507 e. The molecule has 0 aromatic heterocycles. The van der Waals surface area contributed by atoms with Gasteiger partial charge in [-0.2, -0.15) is 0 Å². The Hall–Kier alpha value is -3.28. The molecule has 0 saturated carbocycles. The standard InChI is InChI=1S/C22H15Cl2NO4/c23-18-9-3-14(12-19(18)24)2-1-13-4-10-20(26)17(11-13)21(27)25-16-7-5-15(6-8-16)22(28)29/h1-12,26H,(H,25,27)(H,28,29). The van der Waals surface area contributed by atoms with Crippen molar-refractivity contribution in [3.05, 3.63) is 93.0 Å². The third-order valence-corrected chi connectivity index (χ3v) is 4.81. The molecule has 0 saturated heterocycles. The molecular weight excluding hydrogens is 413 g/mol. The van der Waals surface area contributed by atoms with Gasteiger partial charge < -0.3 is 15.5 Å². The van der Waals surface area contributed by atoms with Crippen LogP contribution in [0.1, 0.15) is 31.8 Å². The van der Waals surface area contributed by atoms with Crippen LogP contribution in [-0.4, -0.2) is 22.1 Å². The lowest BCUT2D eigenvalue weighted by Crippen LogP contribution is -2.12. The van der Waals surface area contributed by atoms with E-state index in [0.29, 0.717) is 21.3 Å². The molecule has 0 aliphatic carbocycles. The van der Waals surface area contributed by atoms with Gasteiger partial charge in [0.25, 0.3) is 5.91 Å². The molecule has 0 bridgehead atoms. The molecular formula is C22H15Cl2NO4. The van der Waals surface area contributed by atoms with Crippen LogP contribution in [0, 0.1) is 0 Å². The first-order valence-electron chi connectivity index (χ1n) is 8.44. The van der Waals surface area contributed by atoms with Gasteiger partial charge in [-0.3, -0.25) is 4.79 Å². The number of benzene rings is 3. The van der Waals surface area contributed by atoms with Gasteiger partial charge >= 0.3 is 5.97 Å². The zero-order valence-electron chi connectivity index (χ0n) is 14.9. The molecule has 3 aromatic rings. The number of aromatic hydroxyl groups is 1. The smallest absolute Gasteiger partial charge is 0.335 e. The summed E-state index contributed by atoms with van der Waals surface area (Å²) in [7, 11) is 0. The van der Waals surface area contributed by atoms with E-state index in [-0.39, 0.29) is 16.9 Å². The molecule has 146 valence electrons. The lowest BCUT2D eigenvalue weighted by molar-refractivity contribution is 0.0696. The highest BCUT2D eigenvalue weighted by molar-refractivity contribution is 6.42. The van der Waals surface area contributed by atoms with E-state index in [1.807, 2.05) is 0 Å². The van der Waals surface area contributed by atoms with E-state index in [4.69, 9.17) is 28.3 Å². The third-order valence-electron chi connectivity index (χ3n) is 4.07. The average Bonchev–Trinajstić information content (AvgIpc) is 2.70. The summed E-state index contributed by atoms with van der Waals surface area (Å²) in [6.45, 7) is 0. The van der Waals surface area contributed by atoms with Gasteiger partial charge in [0.05, 0.1) is 21.2 Å². The Kier molecular flexibility index (Phi) is 6.22. The first-order chi connectivity index (χ1) is 13.8. The number of carboxylic acid groups (broad SMARTS) is 1. The molecule has 0 radical (unpaired) electrons. The summed E-state index contributed by atoms with van der Waals surface area (Å²) in [5.74, 6) is -1.74. The first kappa shape index (κ1) is 20.5. The summed E-state index contributed by atoms with van der Waals surface area (Å²) in [5.41, 5.74) is 2.14. The van der Waals surface area contributed by atoms with Crippen LogP contribution >= 0.6 is 23.2 Å². The van der Waals surface area contributed by atoms with Crippen molar-refractivity contribution in [3.8, 4) is 5.75 Å². The highest BCUT2D eigenvalue weighted by atomic mass is 35.5. The van der Waals surface area contributed by atoms with E-state index in [2.05, 4.69) is 5.32 Å². The predicted octanol–water partition coefficient (Wildman–Crippen LogP) is 5.82. The molecule has 1 amide bonds. The number of hydrogen-bond donors (Lipinski definition) is 3. The number of carboxylic acids is 1. The number of phenolic OH excluding ortho intramolecular Hbond substituents is 1. The van der Waals surface area contributed by atoms with Gasteiger partial charge in [-0.15, -0.1) is 0 Å². The minimum Gasteiger partial charge on any atom is -0.507 e. The Balaban J connectivity index is 1.78. The number of rotatable bonds is 5. The molecule has 7 heteroatoms. The molecule has 3 aromatic carbocycles. The molecule has 0 unspecified atom stereocenters. The number of aromatic carboxylic acids is 1. The summed E-state index contributed by atoms with van der Waals surface area (Å²) in [5, 5.41) is 22.5. The third kappa shape index (κ3) is 5.16. The van der Waals surface area contributed by atoms with Crippen molar-refractivity contribution in [2.45, 2.75) is 0 Å². The molecule has 3 rings (SSSR count). The highest BCUT2D eigenvalue weighted by Gasteiger charge is 2.12. The van der Waals surface area contributed by atoms with Gasteiger partial charge in [0, 0.05) is 5.69 Å². The molecule has 0 aliphatic rings. The van der Waals surface area contributed by atoms with Crippen molar-refractivity contribution in [2.75, 3.05) is 5.32 Å². The van der Waals surface area contributed by atoms with E-state index in [1.54, 1.807) is 42.5 Å². The fourth-order valence-electron chi connectivity index (χ4n) is 2.54. The maximum atomic E-state index is 12.5. The SMILES string of the molecule is O=C(O)c1ccc(NC(=O)c2cc(C=Cc3ccc(Cl)c(Cl)c3)ccc2O)cc1. The van der Waals surface area contributed by atoms with E-state index >= 15 is 0 Å². The molecule has 5 nitrogen and oxygen atoms in total. The van der Waals surface area contributed by atoms with Crippen molar-refractivity contribution >= 4 is 52.9 Å². The van der Waals surface area contributed by atoms with Crippen LogP contribution in [0.5, 0.6) is 5.75 Å².